The zero-order valence-electron chi connectivity index (χ0n) is 18.3. The number of carboxylic acid groups (broad SMARTS) is 2. The molecule has 0 radical (unpaired) electrons. The minimum atomic E-state index is -1.47. The van der Waals surface area contributed by atoms with E-state index in [0.29, 0.717) is 6.42 Å². The molecule has 5 unspecified atom stereocenters. The van der Waals surface area contributed by atoms with Crippen molar-refractivity contribution in [3.8, 4) is 0 Å². The molecular formula is C19H34N4O7S. The second kappa shape index (κ2) is 13.9. The predicted octanol–water partition coefficient (Wildman–Crippen LogP) is -0.651. The molecule has 0 saturated heterocycles. The first kappa shape index (κ1) is 28.7. The van der Waals surface area contributed by atoms with E-state index in [2.05, 4.69) is 28.6 Å². The Morgan fingerprint density at radius 3 is 1.77 bits per heavy atom. The third kappa shape index (κ3) is 10.5. The van der Waals surface area contributed by atoms with Gasteiger partial charge in [-0.05, 0) is 18.3 Å². The van der Waals surface area contributed by atoms with Crippen molar-refractivity contribution < 1.29 is 34.2 Å². The molecule has 0 spiro atoms. The average molecular weight is 463 g/mol. The molecule has 0 bridgehead atoms. The van der Waals surface area contributed by atoms with Crippen molar-refractivity contribution in [3.63, 3.8) is 0 Å². The zero-order chi connectivity index (χ0) is 24.3. The molecule has 11 nitrogen and oxygen atoms in total. The van der Waals surface area contributed by atoms with Crippen molar-refractivity contribution in [2.24, 2.45) is 17.6 Å². The van der Waals surface area contributed by atoms with Gasteiger partial charge < -0.3 is 31.9 Å². The van der Waals surface area contributed by atoms with Gasteiger partial charge in [0, 0.05) is 5.75 Å². The number of aliphatic carboxylic acids is 2. The summed E-state index contributed by atoms with van der Waals surface area (Å²) in [5.74, 6) is -5.33. The number of hydrogen-bond acceptors (Lipinski definition) is 7. The third-order valence-corrected chi connectivity index (χ3v) is 5.07. The van der Waals surface area contributed by atoms with E-state index in [1.807, 2.05) is 6.92 Å². The Morgan fingerprint density at radius 1 is 0.871 bits per heavy atom. The maximum absolute atomic E-state index is 12.6. The third-order valence-electron chi connectivity index (χ3n) is 4.71. The molecule has 0 aromatic heterocycles. The molecule has 0 aliphatic carbocycles. The maximum atomic E-state index is 12.6. The minimum absolute atomic E-state index is 0.00433. The Balaban J connectivity index is 5.30. The van der Waals surface area contributed by atoms with E-state index in [-0.39, 0.29) is 24.0 Å². The molecular weight excluding hydrogens is 428 g/mol. The molecule has 0 aromatic rings. The van der Waals surface area contributed by atoms with Crippen LogP contribution in [-0.4, -0.2) is 69.8 Å². The number of nitrogens with one attached hydrogen (secondary N) is 3. The summed E-state index contributed by atoms with van der Waals surface area (Å²) in [6.07, 6.45) is 0.0592. The van der Waals surface area contributed by atoms with Gasteiger partial charge in [0.25, 0.3) is 0 Å². The summed E-state index contributed by atoms with van der Waals surface area (Å²) < 4.78 is 0. The van der Waals surface area contributed by atoms with Gasteiger partial charge in [0.1, 0.15) is 18.1 Å². The quantitative estimate of drug-likeness (QED) is 0.166. The molecule has 3 amide bonds. The monoisotopic (exact) mass is 462 g/mol. The first-order chi connectivity index (χ1) is 14.3. The van der Waals surface area contributed by atoms with Gasteiger partial charge in [0.05, 0.1) is 12.5 Å². The van der Waals surface area contributed by atoms with Crippen LogP contribution in [0.4, 0.5) is 0 Å². The van der Waals surface area contributed by atoms with Crippen LogP contribution in [0.3, 0.4) is 0 Å². The van der Waals surface area contributed by atoms with Crippen LogP contribution in [-0.2, 0) is 24.0 Å². The summed E-state index contributed by atoms with van der Waals surface area (Å²) in [5, 5.41) is 25.3. The zero-order valence-corrected chi connectivity index (χ0v) is 19.1. The summed E-state index contributed by atoms with van der Waals surface area (Å²) in [6.45, 7) is 7.17. The van der Waals surface area contributed by atoms with Crippen LogP contribution < -0.4 is 21.7 Å². The lowest BCUT2D eigenvalue weighted by Gasteiger charge is -2.25. The fourth-order valence-corrected chi connectivity index (χ4v) is 2.85. The lowest BCUT2D eigenvalue weighted by Crippen LogP contribution is -2.58. The summed E-state index contributed by atoms with van der Waals surface area (Å²) in [5.41, 5.74) is 5.83. The second-order valence-electron chi connectivity index (χ2n) is 7.84. The number of carbonyl (C=O) groups is 5. The number of rotatable bonds is 14. The molecule has 0 fully saturated rings. The van der Waals surface area contributed by atoms with Crippen LogP contribution >= 0.6 is 12.6 Å². The molecule has 0 aliphatic rings. The number of hydrogen-bond donors (Lipinski definition) is 7. The summed E-state index contributed by atoms with van der Waals surface area (Å²) >= 11 is 4.01. The van der Waals surface area contributed by atoms with Crippen molar-refractivity contribution in [2.75, 3.05) is 5.75 Å². The number of nitrogens with two attached hydrogens (primary N) is 1. The Hall–Kier alpha value is -2.34. The summed E-state index contributed by atoms with van der Waals surface area (Å²) in [7, 11) is 0. The fourth-order valence-electron chi connectivity index (χ4n) is 2.60. The van der Waals surface area contributed by atoms with E-state index in [4.69, 9.17) is 10.8 Å². The molecule has 0 heterocycles. The van der Waals surface area contributed by atoms with Gasteiger partial charge in [-0.25, -0.2) is 4.79 Å². The molecule has 0 aliphatic heterocycles. The molecule has 7 N–H and O–H groups in total. The molecule has 178 valence electrons. The van der Waals surface area contributed by atoms with Gasteiger partial charge in [-0.1, -0.05) is 34.1 Å². The van der Waals surface area contributed by atoms with Crippen molar-refractivity contribution in [1.82, 2.24) is 16.0 Å². The lowest BCUT2D eigenvalue weighted by molar-refractivity contribution is -0.143. The lowest BCUT2D eigenvalue weighted by atomic mass is 9.99. The van der Waals surface area contributed by atoms with Gasteiger partial charge in [-0.3, -0.25) is 19.2 Å². The molecule has 12 heteroatoms. The smallest absolute Gasteiger partial charge is 0.326 e. The highest BCUT2D eigenvalue weighted by Gasteiger charge is 2.31. The second-order valence-corrected chi connectivity index (χ2v) is 8.21. The number of carbonyl (C=O) groups excluding carboxylic acids is 3. The van der Waals surface area contributed by atoms with Crippen LogP contribution in [0.25, 0.3) is 0 Å². The van der Waals surface area contributed by atoms with Gasteiger partial charge in [0.15, 0.2) is 0 Å². The van der Waals surface area contributed by atoms with E-state index in [1.54, 1.807) is 20.8 Å². The average Bonchev–Trinajstić information content (AvgIpc) is 2.68. The topological polar surface area (TPSA) is 188 Å². The molecule has 0 saturated carbocycles. The maximum Gasteiger partial charge on any atom is 0.326 e. The first-order valence-electron chi connectivity index (χ1n) is 10.1. The SMILES string of the molecule is CCC(C)C(N)C(=O)NC(CC(=O)O)C(=O)NC(CS)C(=O)NC(CC(C)C)C(=O)O. The highest BCUT2D eigenvalue weighted by Crippen LogP contribution is 2.07. The highest BCUT2D eigenvalue weighted by molar-refractivity contribution is 7.80. The highest BCUT2D eigenvalue weighted by atomic mass is 32.1. The standard InChI is InChI=1S/C19H34N4O7S/c1-5-10(4)15(20)18(28)21-11(7-14(24)25)16(26)23-13(8-31)17(27)22-12(19(29)30)6-9(2)3/h9-13,15,31H,5-8,20H2,1-4H3,(H,21,28)(H,22,27)(H,23,26)(H,24,25)(H,29,30). The van der Waals surface area contributed by atoms with E-state index >= 15 is 0 Å². The molecule has 5 atom stereocenters. The van der Waals surface area contributed by atoms with Crippen LogP contribution in [0.5, 0.6) is 0 Å². The van der Waals surface area contributed by atoms with Crippen LogP contribution in [0.2, 0.25) is 0 Å². The Kier molecular flexibility index (Phi) is 12.8. The fraction of sp³-hybridized carbons (Fsp3) is 0.737. The summed E-state index contributed by atoms with van der Waals surface area (Å²) in [6, 6.07) is -4.80. The van der Waals surface area contributed by atoms with Crippen LogP contribution in [0.15, 0.2) is 0 Å². The van der Waals surface area contributed by atoms with E-state index < -0.39 is 60.2 Å². The van der Waals surface area contributed by atoms with E-state index in [9.17, 15) is 29.1 Å². The summed E-state index contributed by atoms with van der Waals surface area (Å²) in [4.78, 5) is 59.8. The number of thiol groups is 1. The van der Waals surface area contributed by atoms with E-state index in [0.717, 1.165) is 0 Å². The van der Waals surface area contributed by atoms with Crippen LogP contribution in [0.1, 0.15) is 47.0 Å². The van der Waals surface area contributed by atoms with Gasteiger partial charge in [-0.2, -0.15) is 12.6 Å². The normalized spacial score (nSPS) is 15.8. The van der Waals surface area contributed by atoms with Gasteiger partial charge in [0.2, 0.25) is 17.7 Å². The molecule has 0 rings (SSSR count). The Labute approximate surface area is 187 Å². The predicted molar refractivity (Wildman–Crippen MR) is 116 cm³/mol. The van der Waals surface area contributed by atoms with Crippen molar-refractivity contribution in [3.05, 3.63) is 0 Å². The van der Waals surface area contributed by atoms with Gasteiger partial charge in [-0.15, -0.1) is 0 Å². The van der Waals surface area contributed by atoms with Crippen molar-refractivity contribution in [1.29, 1.82) is 0 Å². The largest absolute Gasteiger partial charge is 0.481 e. The number of amides is 3. The first-order valence-corrected chi connectivity index (χ1v) is 10.7. The van der Waals surface area contributed by atoms with Gasteiger partial charge >= 0.3 is 11.9 Å². The number of carboxylic acids is 2. The van der Waals surface area contributed by atoms with Crippen molar-refractivity contribution in [2.45, 2.75) is 71.1 Å². The molecule has 31 heavy (non-hydrogen) atoms. The Morgan fingerprint density at radius 2 is 1.35 bits per heavy atom. The molecule has 0 aromatic carbocycles. The Bertz CT molecular complexity index is 659. The van der Waals surface area contributed by atoms with E-state index in [1.165, 1.54) is 0 Å². The van der Waals surface area contributed by atoms with Crippen LogP contribution in [0, 0.1) is 11.8 Å². The minimum Gasteiger partial charge on any atom is -0.481 e. The van der Waals surface area contributed by atoms with Crippen molar-refractivity contribution >= 4 is 42.3 Å².